The van der Waals surface area contributed by atoms with E-state index >= 15 is 0 Å². The molecule has 0 spiro atoms. The minimum atomic E-state index is 0.125. The van der Waals surface area contributed by atoms with Gasteiger partial charge in [-0.2, -0.15) is 11.3 Å². The molecule has 45 heavy (non-hydrogen) atoms. The fraction of sp³-hybridized carbons (Fsp3) is 0.429. The summed E-state index contributed by atoms with van der Waals surface area (Å²) in [6, 6.07) is 9.64. The van der Waals surface area contributed by atoms with E-state index in [-0.39, 0.29) is 12.5 Å². The summed E-state index contributed by atoms with van der Waals surface area (Å²) in [5.41, 5.74) is 15.5. The van der Waals surface area contributed by atoms with E-state index in [1.807, 2.05) is 11.3 Å². The summed E-state index contributed by atoms with van der Waals surface area (Å²) in [6.07, 6.45) is 12.9. The lowest BCUT2D eigenvalue weighted by Crippen LogP contribution is -2.48. The van der Waals surface area contributed by atoms with E-state index in [1.54, 1.807) is 5.47 Å². The summed E-state index contributed by atoms with van der Waals surface area (Å²) in [5.74, 6) is 8.65. The Balaban J connectivity index is 1.99. The largest absolute Gasteiger partial charge is 0.242 e. The highest BCUT2D eigenvalue weighted by Gasteiger charge is 2.40. The minimum Gasteiger partial charge on any atom is -0.164 e. The van der Waals surface area contributed by atoms with Gasteiger partial charge in [0.1, 0.15) is 0 Å². The zero-order valence-corrected chi connectivity index (χ0v) is 31.1. The SMILES string of the molecule is CC/C(C)=C(B(c1ccc(B(c2c(C)cc(C)cc2C)C2C#CC=C(C)C=C2C)s1)C1C(C)=CC(C)=CC1C)\C(C)=C/C(C)C. The second-order valence-corrected chi connectivity index (χ2v) is 15.5. The van der Waals surface area contributed by atoms with Crippen LogP contribution in [0, 0.1) is 44.4 Å². The maximum absolute atomic E-state index is 3.72. The van der Waals surface area contributed by atoms with Crippen molar-refractivity contribution >= 4 is 39.8 Å². The van der Waals surface area contributed by atoms with Crippen LogP contribution in [0.4, 0.5) is 0 Å². The monoisotopic (exact) mass is 612 g/mol. The molecule has 0 amide bonds. The second kappa shape index (κ2) is 14.6. The van der Waals surface area contributed by atoms with Gasteiger partial charge in [-0.05, 0) is 108 Å². The molecule has 1 aromatic carbocycles. The zero-order valence-electron chi connectivity index (χ0n) is 30.3. The van der Waals surface area contributed by atoms with Crippen molar-refractivity contribution in [2.45, 2.75) is 108 Å². The van der Waals surface area contributed by atoms with Crippen molar-refractivity contribution in [1.82, 2.24) is 0 Å². The van der Waals surface area contributed by atoms with Gasteiger partial charge in [0.05, 0.1) is 0 Å². The van der Waals surface area contributed by atoms with Gasteiger partial charge in [-0.3, -0.25) is 0 Å². The Morgan fingerprint density at radius 3 is 2.13 bits per heavy atom. The van der Waals surface area contributed by atoms with Crippen molar-refractivity contribution in [2.75, 3.05) is 0 Å². The zero-order chi connectivity index (χ0) is 33.2. The molecule has 1 heterocycles. The molecule has 0 saturated heterocycles. The van der Waals surface area contributed by atoms with Gasteiger partial charge in [0.15, 0.2) is 0 Å². The summed E-state index contributed by atoms with van der Waals surface area (Å²) in [4.78, 5) is 0. The van der Waals surface area contributed by atoms with Crippen LogP contribution in [0.25, 0.3) is 0 Å². The van der Waals surface area contributed by atoms with Crippen molar-refractivity contribution in [2.24, 2.45) is 11.8 Å². The van der Waals surface area contributed by atoms with Crippen LogP contribution in [0.5, 0.6) is 0 Å². The van der Waals surface area contributed by atoms with Gasteiger partial charge < -0.3 is 0 Å². The molecule has 0 bridgehead atoms. The highest BCUT2D eigenvalue weighted by atomic mass is 32.1. The molecule has 3 heteroatoms. The standard InChI is InChI=1S/C42H54B2S/c1-14-30(7)40(32(9)20-26(2)3)44(42-35(12)24-29(6)25-36(42)13)39-19-18-38(45-39)43(37-17-15-16-27(4)21-31(37)8)41-33(10)22-28(5)23-34(41)11/h16,18-26,35,37,42H,14H2,1-13H3/b32-20-,40-30+. The van der Waals surface area contributed by atoms with Crippen LogP contribution in [-0.2, 0) is 0 Å². The van der Waals surface area contributed by atoms with E-state index in [0.29, 0.717) is 24.4 Å². The maximum atomic E-state index is 3.72. The summed E-state index contributed by atoms with van der Waals surface area (Å²) in [5, 5.41) is 0. The van der Waals surface area contributed by atoms with E-state index in [4.69, 9.17) is 0 Å². The number of benzene rings is 1. The Morgan fingerprint density at radius 2 is 1.53 bits per heavy atom. The predicted molar refractivity (Wildman–Crippen MR) is 206 cm³/mol. The van der Waals surface area contributed by atoms with E-state index in [9.17, 15) is 0 Å². The van der Waals surface area contributed by atoms with Crippen molar-refractivity contribution in [3.05, 3.63) is 110 Å². The lowest BCUT2D eigenvalue weighted by molar-refractivity contribution is 0.688. The van der Waals surface area contributed by atoms with E-state index in [0.717, 1.165) is 6.42 Å². The first-order valence-electron chi connectivity index (χ1n) is 17.0. The molecule has 3 atom stereocenters. The molecule has 0 fully saturated rings. The lowest BCUT2D eigenvalue weighted by Gasteiger charge is -2.35. The fourth-order valence-electron chi connectivity index (χ4n) is 8.18. The van der Waals surface area contributed by atoms with Crippen molar-refractivity contribution in [1.29, 1.82) is 0 Å². The molecular formula is C42H54B2S. The molecule has 234 valence electrons. The molecular weight excluding hydrogens is 558 g/mol. The van der Waals surface area contributed by atoms with E-state index < -0.39 is 0 Å². The second-order valence-electron chi connectivity index (χ2n) is 14.4. The van der Waals surface area contributed by atoms with Crippen LogP contribution in [0.2, 0.25) is 11.6 Å². The fourth-order valence-corrected chi connectivity index (χ4v) is 9.50. The third-order valence-electron chi connectivity index (χ3n) is 9.87. The smallest absolute Gasteiger partial charge is 0.164 e. The Labute approximate surface area is 280 Å². The number of hydrogen-bond donors (Lipinski definition) is 0. The third kappa shape index (κ3) is 7.72. The highest BCUT2D eigenvalue weighted by Crippen LogP contribution is 2.41. The minimum absolute atomic E-state index is 0.125. The molecule has 2 aromatic rings. The lowest BCUT2D eigenvalue weighted by atomic mass is 9.30. The summed E-state index contributed by atoms with van der Waals surface area (Å²) < 4.78 is 2.90. The van der Waals surface area contributed by atoms with Crippen molar-refractivity contribution in [3.63, 3.8) is 0 Å². The molecule has 0 N–H and O–H groups in total. The van der Waals surface area contributed by atoms with Gasteiger partial charge in [0.25, 0.3) is 0 Å². The highest BCUT2D eigenvalue weighted by molar-refractivity contribution is 7.33. The van der Waals surface area contributed by atoms with Crippen molar-refractivity contribution in [3.8, 4) is 11.8 Å². The third-order valence-corrected chi connectivity index (χ3v) is 11.1. The Morgan fingerprint density at radius 1 is 0.911 bits per heavy atom. The molecule has 3 unspecified atom stereocenters. The molecule has 0 radical (unpaired) electrons. The van der Waals surface area contributed by atoms with Gasteiger partial charge >= 0.3 is 0 Å². The number of rotatable bonds is 9. The Bertz CT molecular complexity index is 1660. The molecule has 0 saturated carbocycles. The van der Waals surface area contributed by atoms with Crippen LogP contribution < -0.4 is 15.0 Å². The van der Waals surface area contributed by atoms with Crippen LogP contribution in [0.15, 0.2) is 93.6 Å². The van der Waals surface area contributed by atoms with Gasteiger partial charge in [-0.1, -0.05) is 144 Å². The first-order chi connectivity index (χ1) is 21.2. The molecule has 2 aliphatic rings. The molecule has 0 aliphatic heterocycles. The number of aryl methyl sites for hydroxylation is 3. The van der Waals surface area contributed by atoms with E-state index in [1.165, 1.54) is 65.1 Å². The Hall–Kier alpha value is -2.95. The summed E-state index contributed by atoms with van der Waals surface area (Å²) in [6.45, 7) is 30.4. The van der Waals surface area contributed by atoms with Crippen LogP contribution in [-0.4, -0.2) is 13.4 Å². The first-order valence-corrected chi connectivity index (χ1v) is 17.8. The molecule has 4 rings (SSSR count). The average Bonchev–Trinajstić information content (AvgIpc) is 3.34. The normalized spacial score (nSPS) is 20.8. The quantitative estimate of drug-likeness (QED) is 0.150. The Kier molecular flexibility index (Phi) is 11.4. The topological polar surface area (TPSA) is 0 Å². The number of thiophene rings is 1. The predicted octanol–water partition coefficient (Wildman–Crippen LogP) is 10.0. The molecule has 2 aliphatic carbocycles. The number of hydrogen-bond acceptors (Lipinski definition) is 1. The van der Waals surface area contributed by atoms with Gasteiger partial charge in [0, 0.05) is 5.82 Å². The van der Waals surface area contributed by atoms with Gasteiger partial charge in [-0.25, -0.2) is 0 Å². The summed E-state index contributed by atoms with van der Waals surface area (Å²) in [7, 11) is 0. The van der Waals surface area contributed by atoms with Crippen LogP contribution in [0.3, 0.4) is 0 Å². The average molecular weight is 613 g/mol. The van der Waals surface area contributed by atoms with Gasteiger partial charge in [-0.15, -0.1) is 0 Å². The van der Waals surface area contributed by atoms with Crippen LogP contribution >= 0.6 is 11.3 Å². The number of allylic oxidation sites excluding steroid dienone is 12. The molecule has 1 aromatic heterocycles. The van der Waals surface area contributed by atoms with E-state index in [2.05, 4.69) is 156 Å². The molecule has 0 nitrogen and oxygen atoms in total. The first kappa shape index (κ1) is 34.9. The van der Waals surface area contributed by atoms with Crippen molar-refractivity contribution < 1.29 is 0 Å². The summed E-state index contributed by atoms with van der Waals surface area (Å²) >= 11 is 2.04. The van der Waals surface area contributed by atoms with Gasteiger partial charge in [0.2, 0.25) is 13.4 Å². The maximum Gasteiger partial charge on any atom is 0.242 e. The van der Waals surface area contributed by atoms with Crippen LogP contribution in [0.1, 0.15) is 92.3 Å².